The zero-order valence-corrected chi connectivity index (χ0v) is 14.8. The molecule has 0 amide bonds. The van der Waals surface area contributed by atoms with Crippen LogP contribution in [-0.2, 0) is 19.9 Å². The first-order valence-electron chi connectivity index (χ1n) is 9.27. The van der Waals surface area contributed by atoms with Crippen LogP contribution in [0.2, 0.25) is 0 Å². The lowest BCUT2D eigenvalue weighted by Crippen LogP contribution is -2.51. The molecule has 0 unspecified atom stereocenters. The van der Waals surface area contributed by atoms with Gasteiger partial charge in [-0.2, -0.15) is 0 Å². The van der Waals surface area contributed by atoms with Crippen LogP contribution >= 0.6 is 0 Å². The Labute approximate surface area is 149 Å². The smallest absolute Gasteiger partial charge is 0.167 e. The third-order valence-electron chi connectivity index (χ3n) is 5.91. The van der Waals surface area contributed by atoms with E-state index in [1.54, 1.807) is 0 Å². The fourth-order valence-corrected chi connectivity index (χ4v) is 4.43. The van der Waals surface area contributed by atoms with Crippen LogP contribution in [0.5, 0.6) is 0 Å². The molecule has 1 aliphatic heterocycles. The van der Waals surface area contributed by atoms with E-state index in [1.807, 2.05) is 36.1 Å². The van der Waals surface area contributed by atoms with E-state index in [4.69, 9.17) is 0 Å². The number of fused-ring (bicyclic) bond motifs is 1. The number of benzene rings is 1. The minimum Gasteiger partial charge on any atom is -0.391 e. The summed E-state index contributed by atoms with van der Waals surface area (Å²) in [5, 5.41) is 10.6. The van der Waals surface area contributed by atoms with E-state index < -0.39 is 0 Å². The summed E-state index contributed by atoms with van der Waals surface area (Å²) < 4.78 is 1.93. The Hall–Kier alpha value is -1.91. The maximum Gasteiger partial charge on any atom is 0.167 e. The molecule has 1 aromatic carbocycles. The first kappa shape index (κ1) is 16.6. The molecule has 4 heteroatoms. The lowest BCUT2D eigenvalue weighted by molar-refractivity contribution is 0.0239. The number of aromatic nitrogens is 1. The van der Waals surface area contributed by atoms with Crippen LogP contribution in [0.25, 0.3) is 0 Å². The molecule has 2 aliphatic rings. The monoisotopic (exact) mass is 338 g/mol. The molecule has 0 saturated carbocycles. The minimum absolute atomic E-state index is 0.117. The molecule has 1 aromatic heterocycles. The maximum atomic E-state index is 12.6. The summed E-state index contributed by atoms with van der Waals surface area (Å²) >= 11 is 0. The van der Waals surface area contributed by atoms with Crippen molar-refractivity contribution in [3.63, 3.8) is 0 Å². The molecule has 2 atom stereocenters. The van der Waals surface area contributed by atoms with Crippen LogP contribution in [0.3, 0.4) is 0 Å². The number of piperidine rings is 1. The number of carbonyl (C=O) groups excluding carboxylic acids is 1. The highest BCUT2D eigenvalue weighted by Gasteiger charge is 2.35. The Balaban J connectivity index is 1.40. The fourth-order valence-electron chi connectivity index (χ4n) is 4.43. The van der Waals surface area contributed by atoms with Crippen molar-refractivity contribution in [3.05, 3.63) is 59.4 Å². The summed E-state index contributed by atoms with van der Waals surface area (Å²) in [4.78, 5) is 15.0. The van der Waals surface area contributed by atoms with Crippen LogP contribution in [0.4, 0.5) is 0 Å². The fraction of sp³-hybridized carbons (Fsp3) is 0.476. The van der Waals surface area contributed by atoms with Crippen LogP contribution in [0.15, 0.2) is 42.7 Å². The van der Waals surface area contributed by atoms with Crippen molar-refractivity contribution in [1.82, 2.24) is 9.47 Å². The lowest BCUT2D eigenvalue weighted by atomic mass is 9.83. The predicted molar refractivity (Wildman–Crippen MR) is 97.7 cm³/mol. The average Bonchev–Trinajstić information content (AvgIpc) is 3.07. The van der Waals surface area contributed by atoms with Gasteiger partial charge in [0.2, 0.25) is 0 Å². The second-order valence-electron chi connectivity index (χ2n) is 7.55. The molecule has 2 heterocycles. The zero-order chi connectivity index (χ0) is 17.4. The van der Waals surface area contributed by atoms with Gasteiger partial charge in [-0.1, -0.05) is 24.3 Å². The summed E-state index contributed by atoms with van der Waals surface area (Å²) in [5.74, 6) is 0.390. The quantitative estimate of drug-likeness (QED) is 0.875. The van der Waals surface area contributed by atoms with E-state index in [0.29, 0.717) is 0 Å². The number of nitrogens with zero attached hydrogens (tertiary/aromatic N) is 2. The Bertz CT molecular complexity index is 759. The van der Waals surface area contributed by atoms with E-state index in [-0.39, 0.29) is 23.8 Å². The SMILES string of the molecule is Cn1ccc(C(=O)C2CCN([C@H]3Cc4ccccc4C[C@@H]3O)CC2)c1. The van der Waals surface area contributed by atoms with Gasteiger partial charge >= 0.3 is 0 Å². The van der Waals surface area contributed by atoms with Gasteiger partial charge in [-0.15, -0.1) is 0 Å². The van der Waals surface area contributed by atoms with Gasteiger partial charge in [-0.25, -0.2) is 0 Å². The molecule has 1 aliphatic carbocycles. The Morgan fingerprint density at radius 1 is 1.08 bits per heavy atom. The molecule has 4 rings (SSSR count). The molecule has 4 nitrogen and oxygen atoms in total. The predicted octanol–water partition coefficient (Wildman–Crippen LogP) is 2.45. The van der Waals surface area contributed by atoms with Gasteiger partial charge < -0.3 is 9.67 Å². The van der Waals surface area contributed by atoms with Gasteiger partial charge in [0, 0.05) is 43.4 Å². The van der Waals surface area contributed by atoms with Crippen LogP contribution in [0.1, 0.15) is 34.3 Å². The van der Waals surface area contributed by atoms with Crippen molar-refractivity contribution in [2.75, 3.05) is 13.1 Å². The molecule has 132 valence electrons. The average molecular weight is 338 g/mol. The second-order valence-corrected chi connectivity index (χ2v) is 7.55. The normalized spacial score (nSPS) is 24.9. The van der Waals surface area contributed by atoms with E-state index >= 15 is 0 Å². The largest absolute Gasteiger partial charge is 0.391 e. The van der Waals surface area contributed by atoms with E-state index in [1.165, 1.54) is 11.1 Å². The number of aliphatic hydroxyl groups excluding tert-OH is 1. The number of Topliss-reactive ketones (excluding diaryl/α,β-unsaturated/α-hetero) is 1. The molecular weight excluding hydrogens is 312 g/mol. The molecule has 1 N–H and O–H groups in total. The highest BCUT2D eigenvalue weighted by Crippen LogP contribution is 2.29. The third kappa shape index (κ3) is 3.29. The first-order valence-corrected chi connectivity index (χ1v) is 9.27. The first-order chi connectivity index (χ1) is 12.1. The van der Waals surface area contributed by atoms with Crippen molar-refractivity contribution >= 4 is 5.78 Å². The second kappa shape index (κ2) is 6.77. The Morgan fingerprint density at radius 3 is 2.40 bits per heavy atom. The number of carbonyl (C=O) groups is 1. The van der Waals surface area contributed by atoms with E-state index in [9.17, 15) is 9.90 Å². The third-order valence-corrected chi connectivity index (χ3v) is 5.91. The van der Waals surface area contributed by atoms with Crippen molar-refractivity contribution < 1.29 is 9.90 Å². The summed E-state index contributed by atoms with van der Waals surface area (Å²) in [5.41, 5.74) is 3.47. The minimum atomic E-state index is -0.309. The summed E-state index contributed by atoms with van der Waals surface area (Å²) in [6, 6.07) is 10.5. The highest BCUT2D eigenvalue weighted by molar-refractivity contribution is 5.97. The number of aliphatic hydroxyl groups is 1. The van der Waals surface area contributed by atoms with Crippen LogP contribution < -0.4 is 0 Å². The number of hydrogen-bond acceptors (Lipinski definition) is 3. The number of likely N-dealkylation sites (tertiary alicyclic amines) is 1. The van der Waals surface area contributed by atoms with Gasteiger partial charge in [-0.05, 0) is 49.5 Å². The topological polar surface area (TPSA) is 45.5 Å². The van der Waals surface area contributed by atoms with E-state index in [2.05, 4.69) is 23.1 Å². The maximum absolute atomic E-state index is 12.6. The molecule has 2 aromatic rings. The number of rotatable bonds is 3. The molecule has 1 fully saturated rings. The number of aryl methyl sites for hydroxylation is 1. The molecule has 0 bridgehead atoms. The zero-order valence-electron chi connectivity index (χ0n) is 14.8. The van der Waals surface area contributed by atoms with Gasteiger partial charge in [-0.3, -0.25) is 9.69 Å². The summed E-state index contributed by atoms with van der Waals surface area (Å²) in [6.07, 6.45) is 6.96. The molecule has 1 saturated heterocycles. The molecule has 0 radical (unpaired) electrons. The Kier molecular flexibility index (Phi) is 4.48. The van der Waals surface area contributed by atoms with Gasteiger partial charge in [0.05, 0.1) is 6.10 Å². The van der Waals surface area contributed by atoms with Crippen molar-refractivity contribution in [2.24, 2.45) is 13.0 Å². The van der Waals surface area contributed by atoms with Gasteiger partial charge in [0.15, 0.2) is 5.78 Å². The van der Waals surface area contributed by atoms with Crippen LogP contribution in [-0.4, -0.2) is 45.6 Å². The molecule has 0 spiro atoms. The standard InChI is InChI=1S/C21H26N2O2/c1-22-9-6-18(14-22)21(25)15-7-10-23(11-8-15)19-12-16-4-2-3-5-17(16)13-20(19)24/h2-6,9,14-15,19-20,24H,7-8,10-13H2,1H3/t19-,20-/m0/s1. The number of hydrogen-bond donors (Lipinski definition) is 1. The Morgan fingerprint density at radius 2 is 1.76 bits per heavy atom. The van der Waals surface area contributed by atoms with Crippen LogP contribution in [0, 0.1) is 5.92 Å². The van der Waals surface area contributed by atoms with E-state index in [0.717, 1.165) is 44.3 Å². The van der Waals surface area contributed by atoms with Gasteiger partial charge in [0.1, 0.15) is 0 Å². The van der Waals surface area contributed by atoms with Crippen molar-refractivity contribution in [2.45, 2.75) is 37.8 Å². The molecular formula is C21H26N2O2. The van der Waals surface area contributed by atoms with Gasteiger partial charge in [0.25, 0.3) is 0 Å². The summed E-state index contributed by atoms with van der Waals surface area (Å²) in [7, 11) is 1.95. The van der Waals surface area contributed by atoms with Crippen molar-refractivity contribution in [1.29, 1.82) is 0 Å². The highest BCUT2D eigenvalue weighted by atomic mass is 16.3. The molecule has 25 heavy (non-hydrogen) atoms. The van der Waals surface area contributed by atoms with Crippen molar-refractivity contribution in [3.8, 4) is 0 Å². The lowest BCUT2D eigenvalue weighted by Gasteiger charge is -2.41. The number of ketones is 1. The summed E-state index contributed by atoms with van der Waals surface area (Å²) in [6.45, 7) is 1.79.